The van der Waals surface area contributed by atoms with Crippen LogP contribution < -0.4 is 10.6 Å². The zero-order valence-corrected chi connectivity index (χ0v) is 16.3. The van der Waals surface area contributed by atoms with Crippen molar-refractivity contribution >= 4 is 38.7 Å². The molecule has 1 aromatic heterocycles. The third kappa shape index (κ3) is 2.68. The molecule has 0 amide bonds. The number of thiophene rings is 1. The number of anilines is 1. The van der Waals surface area contributed by atoms with Crippen LogP contribution in [0, 0.1) is 11.3 Å². The van der Waals surface area contributed by atoms with E-state index in [-0.39, 0.29) is 11.7 Å². The summed E-state index contributed by atoms with van der Waals surface area (Å²) < 4.78 is 0.948. The van der Waals surface area contributed by atoms with Crippen molar-refractivity contribution in [3.05, 3.63) is 73.8 Å². The molecule has 2 N–H and O–H groups in total. The number of para-hydroxylation sites is 1. The smallest absolute Gasteiger partial charge is 0.161 e. The fourth-order valence-corrected chi connectivity index (χ4v) is 5.28. The molecule has 4 nitrogen and oxygen atoms in total. The molecule has 2 aliphatic rings. The molecule has 2 heterocycles. The number of carbonyl (C=O) groups is 1. The van der Waals surface area contributed by atoms with Gasteiger partial charge >= 0.3 is 0 Å². The van der Waals surface area contributed by atoms with Gasteiger partial charge in [-0.2, -0.15) is 5.26 Å². The minimum absolute atomic E-state index is 0.113. The number of Topliss-reactive ketones (excluding diaryl/α,β-unsaturated/α-hetero) is 1. The van der Waals surface area contributed by atoms with Gasteiger partial charge in [0.1, 0.15) is 5.82 Å². The second-order valence-electron chi connectivity index (χ2n) is 6.32. The number of nitriles is 1. The van der Waals surface area contributed by atoms with Crippen LogP contribution in [-0.2, 0) is 4.79 Å². The fourth-order valence-electron chi connectivity index (χ4n) is 3.72. The van der Waals surface area contributed by atoms with Crippen molar-refractivity contribution in [1.29, 1.82) is 5.26 Å². The number of hydrogen-bond acceptors (Lipinski definition) is 5. The van der Waals surface area contributed by atoms with Crippen LogP contribution in [-0.4, -0.2) is 5.78 Å². The standard InChI is InChI=1S/C20H16BrN3OS/c21-12-9-17(26-11-12)18-14(10-22)20(23)24(13-5-2-1-3-6-13)15-7-4-8-16(25)19(15)18/h1-3,5-6,9,11,18H,4,7-8,23H2/t18-/m0/s1. The van der Waals surface area contributed by atoms with Gasteiger partial charge in [-0.25, -0.2) is 0 Å². The summed E-state index contributed by atoms with van der Waals surface area (Å²) in [6.45, 7) is 0. The molecule has 1 aromatic carbocycles. The van der Waals surface area contributed by atoms with Crippen molar-refractivity contribution in [2.45, 2.75) is 25.2 Å². The van der Waals surface area contributed by atoms with E-state index in [0.29, 0.717) is 17.8 Å². The summed E-state index contributed by atoms with van der Waals surface area (Å²) in [5.41, 5.74) is 9.46. The Balaban J connectivity index is 1.97. The molecule has 0 saturated heterocycles. The highest BCUT2D eigenvalue weighted by atomic mass is 79.9. The van der Waals surface area contributed by atoms with E-state index < -0.39 is 0 Å². The van der Waals surface area contributed by atoms with Gasteiger partial charge in [-0.1, -0.05) is 18.2 Å². The van der Waals surface area contributed by atoms with Crippen LogP contribution in [0.15, 0.2) is 68.9 Å². The average molecular weight is 426 g/mol. The second kappa shape index (κ2) is 6.75. The fraction of sp³-hybridized carbons (Fsp3) is 0.200. The number of benzene rings is 1. The van der Waals surface area contributed by atoms with Crippen molar-refractivity contribution in [3.63, 3.8) is 0 Å². The summed E-state index contributed by atoms with van der Waals surface area (Å²) in [7, 11) is 0. The van der Waals surface area contributed by atoms with Crippen LogP contribution in [0.2, 0.25) is 0 Å². The zero-order chi connectivity index (χ0) is 18.3. The highest BCUT2D eigenvalue weighted by Gasteiger charge is 2.40. The van der Waals surface area contributed by atoms with Crippen molar-refractivity contribution in [2.24, 2.45) is 5.73 Å². The molecule has 4 rings (SSSR count). The van der Waals surface area contributed by atoms with Gasteiger partial charge in [-0.05, 0) is 47.0 Å². The van der Waals surface area contributed by atoms with Gasteiger partial charge in [0, 0.05) is 38.1 Å². The van der Waals surface area contributed by atoms with Crippen LogP contribution in [0.5, 0.6) is 0 Å². The zero-order valence-electron chi connectivity index (χ0n) is 13.9. The molecule has 26 heavy (non-hydrogen) atoms. The molecular formula is C20H16BrN3OS. The van der Waals surface area contributed by atoms with E-state index in [9.17, 15) is 10.1 Å². The second-order valence-corrected chi connectivity index (χ2v) is 8.18. The van der Waals surface area contributed by atoms with Gasteiger partial charge in [0.15, 0.2) is 5.78 Å². The lowest BCUT2D eigenvalue weighted by Gasteiger charge is -2.39. The SMILES string of the molecule is N#CC1=C(N)N(c2ccccc2)C2=C(C(=O)CCC2)[C@@H]1c1cc(Br)cs1. The number of rotatable bonds is 2. The number of allylic oxidation sites excluding steroid dienone is 3. The minimum Gasteiger partial charge on any atom is -0.384 e. The molecular weight excluding hydrogens is 410 g/mol. The van der Waals surface area contributed by atoms with Gasteiger partial charge in [0.05, 0.1) is 17.6 Å². The molecule has 130 valence electrons. The van der Waals surface area contributed by atoms with Gasteiger partial charge in [-0.15, -0.1) is 11.3 Å². The van der Waals surface area contributed by atoms with E-state index in [2.05, 4.69) is 22.0 Å². The van der Waals surface area contributed by atoms with Crippen molar-refractivity contribution < 1.29 is 4.79 Å². The molecule has 2 aromatic rings. The predicted molar refractivity (Wildman–Crippen MR) is 106 cm³/mol. The first-order valence-electron chi connectivity index (χ1n) is 8.37. The molecule has 1 aliphatic carbocycles. The number of nitrogens with two attached hydrogens (primary N) is 1. The Bertz CT molecular complexity index is 984. The summed E-state index contributed by atoms with van der Waals surface area (Å²) in [5.74, 6) is 0.155. The van der Waals surface area contributed by atoms with Crippen LogP contribution in [0.3, 0.4) is 0 Å². The quantitative estimate of drug-likeness (QED) is 0.748. The largest absolute Gasteiger partial charge is 0.384 e. The van der Waals surface area contributed by atoms with Gasteiger partial charge in [-0.3, -0.25) is 9.69 Å². The molecule has 1 aliphatic heterocycles. The molecule has 0 fully saturated rings. The van der Waals surface area contributed by atoms with Crippen LogP contribution in [0.4, 0.5) is 5.69 Å². The molecule has 0 saturated carbocycles. The van der Waals surface area contributed by atoms with E-state index >= 15 is 0 Å². The molecule has 0 radical (unpaired) electrons. The number of hydrogen-bond donors (Lipinski definition) is 1. The first kappa shape index (κ1) is 17.1. The lowest BCUT2D eigenvalue weighted by Crippen LogP contribution is -2.38. The lowest BCUT2D eigenvalue weighted by molar-refractivity contribution is -0.116. The van der Waals surface area contributed by atoms with Crippen molar-refractivity contribution in [2.75, 3.05) is 4.90 Å². The summed E-state index contributed by atoms with van der Waals surface area (Å²) >= 11 is 5.02. The van der Waals surface area contributed by atoms with Crippen LogP contribution in [0.1, 0.15) is 30.1 Å². The molecule has 0 spiro atoms. The normalized spacial score (nSPS) is 20.2. The first-order chi connectivity index (χ1) is 12.6. The Morgan fingerprint density at radius 2 is 2.04 bits per heavy atom. The monoisotopic (exact) mass is 425 g/mol. The predicted octanol–water partition coefficient (Wildman–Crippen LogP) is 4.82. The van der Waals surface area contributed by atoms with E-state index in [0.717, 1.165) is 39.1 Å². The minimum atomic E-state index is -0.376. The van der Waals surface area contributed by atoms with Gasteiger partial charge < -0.3 is 5.73 Å². The number of halogens is 1. The maximum absolute atomic E-state index is 12.9. The van der Waals surface area contributed by atoms with Crippen molar-refractivity contribution in [3.8, 4) is 6.07 Å². The lowest BCUT2D eigenvalue weighted by atomic mass is 9.78. The first-order valence-corrected chi connectivity index (χ1v) is 10.0. The van der Waals surface area contributed by atoms with Gasteiger partial charge in [0.25, 0.3) is 0 Å². The molecule has 0 bridgehead atoms. The average Bonchev–Trinajstić information content (AvgIpc) is 3.07. The Labute approximate surface area is 164 Å². The van der Waals surface area contributed by atoms with Gasteiger partial charge in [0.2, 0.25) is 0 Å². The maximum Gasteiger partial charge on any atom is 0.161 e. The van der Waals surface area contributed by atoms with Crippen molar-refractivity contribution in [1.82, 2.24) is 0 Å². The Morgan fingerprint density at radius 1 is 1.27 bits per heavy atom. The Morgan fingerprint density at radius 3 is 2.69 bits per heavy atom. The third-order valence-corrected chi connectivity index (χ3v) is 6.56. The summed E-state index contributed by atoms with van der Waals surface area (Å²) in [6, 6.07) is 14.0. The number of nitrogens with zero attached hydrogens (tertiary/aromatic N) is 2. The Kier molecular flexibility index (Phi) is 4.43. The van der Waals surface area contributed by atoms with Crippen LogP contribution in [0.25, 0.3) is 0 Å². The summed E-state index contributed by atoms with van der Waals surface area (Å²) in [5, 5.41) is 11.9. The summed E-state index contributed by atoms with van der Waals surface area (Å²) in [4.78, 5) is 15.8. The van der Waals surface area contributed by atoms with E-state index in [1.807, 2.05) is 46.7 Å². The van der Waals surface area contributed by atoms with E-state index in [1.54, 1.807) is 0 Å². The maximum atomic E-state index is 12.9. The topological polar surface area (TPSA) is 70.1 Å². The number of carbonyl (C=O) groups excluding carboxylic acids is 1. The number of ketones is 1. The third-order valence-electron chi connectivity index (χ3n) is 4.80. The van der Waals surface area contributed by atoms with E-state index in [1.165, 1.54) is 11.3 Å². The molecule has 6 heteroatoms. The highest BCUT2D eigenvalue weighted by molar-refractivity contribution is 9.10. The molecule has 1 atom stereocenters. The molecule has 0 unspecified atom stereocenters. The highest BCUT2D eigenvalue weighted by Crippen LogP contribution is 2.47. The van der Waals surface area contributed by atoms with E-state index in [4.69, 9.17) is 5.73 Å². The van der Waals surface area contributed by atoms with Crippen LogP contribution >= 0.6 is 27.3 Å². The summed E-state index contributed by atoms with van der Waals surface area (Å²) in [6.07, 6.45) is 2.10. The Hall–Kier alpha value is -2.36.